The van der Waals surface area contributed by atoms with Crippen molar-refractivity contribution in [2.45, 2.75) is 25.9 Å². The smallest absolute Gasteiger partial charge is 0.257 e. The van der Waals surface area contributed by atoms with Crippen LogP contribution >= 0.6 is 11.6 Å². The molecule has 1 heterocycles. The molecule has 2 aromatic rings. The average molecular weight is 474 g/mol. The zero-order chi connectivity index (χ0) is 24.1. The standard InChI is InChI=1S/C24H28ClN3O5/c1-5-33-20-11-15(9-10-19(20)32-4)18(12-22(30)27(2)3)28-14-16-7-6-8-17(23(16)24(28)31)26-21(29)13-25/h6-11,18H,5,12-14H2,1-4H3,(H,26,29)/t18-/m1/s1. The summed E-state index contributed by atoms with van der Waals surface area (Å²) in [5.41, 5.74) is 2.35. The van der Waals surface area contributed by atoms with Gasteiger partial charge in [-0.25, -0.2) is 0 Å². The number of rotatable bonds is 9. The first-order chi connectivity index (χ1) is 15.8. The Morgan fingerprint density at radius 3 is 2.61 bits per heavy atom. The van der Waals surface area contributed by atoms with Gasteiger partial charge in [-0.3, -0.25) is 14.4 Å². The molecule has 0 saturated carbocycles. The van der Waals surface area contributed by atoms with Crippen LogP contribution in [0.3, 0.4) is 0 Å². The Labute approximate surface area is 198 Å². The fourth-order valence-electron chi connectivity index (χ4n) is 3.85. The van der Waals surface area contributed by atoms with Gasteiger partial charge in [-0.05, 0) is 36.2 Å². The zero-order valence-corrected chi connectivity index (χ0v) is 19.9. The van der Waals surface area contributed by atoms with Crippen molar-refractivity contribution in [3.05, 3.63) is 53.1 Å². The van der Waals surface area contributed by atoms with Crippen molar-refractivity contribution in [1.29, 1.82) is 0 Å². The largest absolute Gasteiger partial charge is 0.493 e. The molecule has 1 aliphatic rings. The monoisotopic (exact) mass is 473 g/mol. The minimum Gasteiger partial charge on any atom is -0.493 e. The summed E-state index contributed by atoms with van der Waals surface area (Å²) in [5.74, 6) is 0.119. The number of hydrogen-bond acceptors (Lipinski definition) is 5. The number of nitrogens with zero attached hydrogens (tertiary/aromatic N) is 2. The number of halogens is 1. The number of fused-ring (bicyclic) bond motifs is 1. The van der Waals surface area contributed by atoms with Crippen LogP contribution in [-0.4, -0.2) is 61.2 Å². The summed E-state index contributed by atoms with van der Waals surface area (Å²) in [6.07, 6.45) is 0.0913. The number of anilines is 1. The Morgan fingerprint density at radius 2 is 1.97 bits per heavy atom. The highest BCUT2D eigenvalue weighted by Gasteiger charge is 2.37. The summed E-state index contributed by atoms with van der Waals surface area (Å²) < 4.78 is 11.1. The molecule has 3 amide bonds. The second-order valence-corrected chi connectivity index (χ2v) is 8.07. The highest BCUT2D eigenvalue weighted by molar-refractivity contribution is 6.29. The highest BCUT2D eigenvalue weighted by atomic mass is 35.5. The van der Waals surface area contributed by atoms with Crippen molar-refractivity contribution >= 4 is 35.0 Å². The lowest BCUT2D eigenvalue weighted by atomic mass is 10.0. The summed E-state index contributed by atoms with van der Waals surface area (Å²) in [7, 11) is 4.92. The first-order valence-corrected chi connectivity index (χ1v) is 11.1. The Hall–Kier alpha value is -3.26. The van der Waals surface area contributed by atoms with Crippen molar-refractivity contribution in [3.8, 4) is 11.5 Å². The fourth-order valence-corrected chi connectivity index (χ4v) is 3.91. The number of hydrogen-bond donors (Lipinski definition) is 1. The van der Waals surface area contributed by atoms with E-state index in [1.807, 2.05) is 25.1 Å². The van der Waals surface area contributed by atoms with Crippen molar-refractivity contribution < 1.29 is 23.9 Å². The molecule has 0 fully saturated rings. The summed E-state index contributed by atoms with van der Waals surface area (Å²) in [6.45, 7) is 2.62. The van der Waals surface area contributed by atoms with Gasteiger partial charge in [0.05, 0.1) is 37.4 Å². The molecule has 0 aliphatic carbocycles. The van der Waals surface area contributed by atoms with Crippen LogP contribution in [0.1, 0.15) is 40.9 Å². The maximum Gasteiger partial charge on any atom is 0.257 e. The number of nitrogens with one attached hydrogen (secondary N) is 1. The van der Waals surface area contributed by atoms with E-state index >= 15 is 0 Å². The minimum absolute atomic E-state index is 0.0913. The molecule has 176 valence electrons. The van der Waals surface area contributed by atoms with E-state index in [4.69, 9.17) is 21.1 Å². The van der Waals surface area contributed by atoms with E-state index in [-0.39, 0.29) is 24.1 Å². The van der Waals surface area contributed by atoms with Crippen LogP contribution < -0.4 is 14.8 Å². The number of ether oxygens (including phenoxy) is 2. The number of methoxy groups -OCH3 is 1. The van der Waals surface area contributed by atoms with E-state index < -0.39 is 11.9 Å². The topological polar surface area (TPSA) is 88.2 Å². The zero-order valence-electron chi connectivity index (χ0n) is 19.2. The van der Waals surface area contributed by atoms with Crippen LogP contribution in [-0.2, 0) is 16.1 Å². The van der Waals surface area contributed by atoms with E-state index in [1.54, 1.807) is 44.3 Å². The van der Waals surface area contributed by atoms with Crippen LogP contribution in [0, 0.1) is 0 Å². The molecule has 3 rings (SSSR count). The van der Waals surface area contributed by atoms with E-state index in [2.05, 4.69) is 5.32 Å². The summed E-state index contributed by atoms with van der Waals surface area (Å²) in [4.78, 5) is 41.3. The Kier molecular flexibility index (Phi) is 7.81. The van der Waals surface area contributed by atoms with Gasteiger partial charge in [0.1, 0.15) is 5.88 Å². The predicted octanol–water partition coefficient (Wildman–Crippen LogP) is 3.45. The van der Waals surface area contributed by atoms with Gasteiger partial charge < -0.3 is 24.6 Å². The highest BCUT2D eigenvalue weighted by Crippen LogP contribution is 2.39. The maximum absolute atomic E-state index is 13.5. The average Bonchev–Trinajstić information content (AvgIpc) is 3.14. The van der Waals surface area contributed by atoms with Gasteiger partial charge in [-0.2, -0.15) is 0 Å². The van der Waals surface area contributed by atoms with Crippen molar-refractivity contribution in [2.75, 3.05) is 39.0 Å². The molecule has 1 atom stereocenters. The summed E-state index contributed by atoms with van der Waals surface area (Å²) in [6, 6.07) is 10.2. The number of amides is 3. The van der Waals surface area contributed by atoms with Crippen molar-refractivity contribution in [1.82, 2.24) is 9.80 Å². The molecule has 2 aromatic carbocycles. The van der Waals surface area contributed by atoms with E-state index in [1.165, 1.54) is 4.90 Å². The number of carbonyl (C=O) groups excluding carboxylic acids is 3. The van der Waals surface area contributed by atoms with E-state index in [0.717, 1.165) is 11.1 Å². The molecular weight excluding hydrogens is 446 g/mol. The first kappa shape index (κ1) is 24.4. The van der Waals surface area contributed by atoms with Gasteiger partial charge >= 0.3 is 0 Å². The van der Waals surface area contributed by atoms with Crippen LogP contribution in [0.15, 0.2) is 36.4 Å². The molecule has 9 heteroatoms. The minimum atomic E-state index is -0.540. The third-order valence-electron chi connectivity index (χ3n) is 5.48. The van der Waals surface area contributed by atoms with E-state index in [9.17, 15) is 14.4 Å². The van der Waals surface area contributed by atoms with Crippen molar-refractivity contribution in [2.24, 2.45) is 0 Å². The number of benzene rings is 2. The molecule has 0 aromatic heterocycles. The molecule has 0 saturated heterocycles. The molecule has 33 heavy (non-hydrogen) atoms. The maximum atomic E-state index is 13.5. The van der Waals surface area contributed by atoms with Gasteiger partial charge in [-0.1, -0.05) is 18.2 Å². The van der Waals surface area contributed by atoms with Crippen LogP contribution in [0.5, 0.6) is 11.5 Å². The molecule has 0 unspecified atom stereocenters. The molecule has 0 radical (unpaired) electrons. The Bertz CT molecular complexity index is 1060. The normalized spacial score (nSPS) is 13.4. The third kappa shape index (κ3) is 5.22. The second-order valence-electron chi connectivity index (χ2n) is 7.81. The molecule has 0 spiro atoms. The third-order valence-corrected chi connectivity index (χ3v) is 5.72. The molecule has 0 bridgehead atoms. The van der Waals surface area contributed by atoms with Crippen LogP contribution in [0.25, 0.3) is 0 Å². The predicted molar refractivity (Wildman–Crippen MR) is 126 cm³/mol. The van der Waals surface area contributed by atoms with Gasteiger partial charge in [0.25, 0.3) is 5.91 Å². The van der Waals surface area contributed by atoms with Gasteiger partial charge in [-0.15, -0.1) is 11.6 Å². The molecule has 1 aliphatic heterocycles. The Balaban J connectivity index is 2.02. The van der Waals surface area contributed by atoms with Crippen LogP contribution in [0.2, 0.25) is 0 Å². The SMILES string of the molecule is CCOc1cc([C@@H](CC(=O)N(C)C)N2Cc3cccc(NC(=O)CCl)c3C2=O)ccc1OC. The molecule has 1 N–H and O–H groups in total. The van der Waals surface area contributed by atoms with Crippen molar-refractivity contribution in [3.63, 3.8) is 0 Å². The lowest BCUT2D eigenvalue weighted by Gasteiger charge is -2.29. The lowest BCUT2D eigenvalue weighted by Crippen LogP contribution is -2.34. The second kappa shape index (κ2) is 10.6. The molecule has 8 nitrogen and oxygen atoms in total. The van der Waals surface area contributed by atoms with Gasteiger partial charge in [0, 0.05) is 20.6 Å². The summed E-state index contributed by atoms with van der Waals surface area (Å²) >= 11 is 5.63. The number of alkyl halides is 1. The fraction of sp³-hybridized carbons (Fsp3) is 0.375. The van der Waals surface area contributed by atoms with E-state index in [0.29, 0.717) is 35.9 Å². The summed E-state index contributed by atoms with van der Waals surface area (Å²) in [5, 5.41) is 2.69. The first-order valence-electron chi connectivity index (χ1n) is 10.6. The van der Waals surface area contributed by atoms with Crippen LogP contribution in [0.4, 0.5) is 5.69 Å². The van der Waals surface area contributed by atoms with Gasteiger partial charge in [0.2, 0.25) is 11.8 Å². The number of carbonyl (C=O) groups is 3. The van der Waals surface area contributed by atoms with Gasteiger partial charge in [0.15, 0.2) is 11.5 Å². The lowest BCUT2D eigenvalue weighted by molar-refractivity contribution is -0.129. The quantitative estimate of drug-likeness (QED) is 0.563. The molecular formula is C24H28ClN3O5. The Morgan fingerprint density at radius 1 is 1.21 bits per heavy atom.